The molecular weight excluding hydrogens is 264 g/mol. The van der Waals surface area contributed by atoms with E-state index in [0.717, 1.165) is 16.8 Å². The topological polar surface area (TPSA) is 59.1 Å². The first-order valence-corrected chi connectivity index (χ1v) is 6.97. The normalized spacial score (nSPS) is 16.6. The van der Waals surface area contributed by atoms with Crippen molar-refractivity contribution in [3.05, 3.63) is 65.0 Å². The lowest BCUT2D eigenvalue weighted by molar-refractivity contribution is -0.122. The van der Waals surface area contributed by atoms with Gasteiger partial charge in [0.2, 0.25) is 5.91 Å². The molecule has 2 aromatic rings. The van der Waals surface area contributed by atoms with E-state index in [1.165, 1.54) is 0 Å². The van der Waals surface area contributed by atoms with Gasteiger partial charge in [-0.3, -0.25) is 14.6 Å². The Bertz CT molecular complexity index is 695. The summed E-state index contributed by atoms with van der Waals surface area (Å²) in [6.45, 7) is 2.32. The second-order valence-electron chi connectivity index (χ2n) is 5.25. The lowest BCUT2D eigenvalue weighted by Crippen LogP contribution is -2.28. The van der Waals surface area contributed by atoms with E-state index in [1.54, 1.807) is 12.3 Å². The van der Waals surface area contributed by atoms with Crippen molar-refractivity contribution in [2.45, 2.75) is 25.8 Å². The van der Waals surface area contributed by atoms with Gasteiger partial charge in [-0.1, -0.05) is 24.3 Å². The van der Waals surface area contributed by atoms with Crippen LogP contribution in [0.2, 0.25) is 0 Å². The van der Waals surface area contributed by atoms with Crippen LogP contribution in [0.4, 0.5) is 0 Å². The second-order valence-corrected chi connectivity index (χ2v) is 5.25. The van der Waals surface area contributed by atoms with Gasteiger partial charge in [-0.25, -0.2) is 0 Å². The minimum Gasteiger partial charge on any atom is -0.350 e. The summed E-state index contributed by atoms with van der Waals surface area (Å²) in [5.74, 6) is -0.439. The van der Waals surface area contributed by atoms with Crippen LogP contribution >= 0.6 is 0 Å². The summed E-state index contributed by atoms with van der Waals surface area (Å²) in [7, 11) is 0. The van der Waals surface area contributed by atoms with Crippen LogP contribution in [0, 0.1) is 6.92 Å². The molecule has 0 saturated heterocycles. The van der Waals surface area contributed by atoms with Gasteiger partial charge in [0, 0.05) is 18.2 Å². The molecule has 1 amide bonds. The molecule has 21 heavy (non-hydrogen) atoms. The van der Waals surface area contributed by atoms with E-state index in [2.05, 4.69) is 10.3 Å². The first kappa shape index (κ1) is 13.5. The van der Waals surface area contributed by atoms with Gasteiger partial charge in [0.05, 0.1) is 18.2 Å². The highest BCUT2D eigenvalue weighted by atomic mass is 16.2. The van der Waals surface area contributed by atoms with E-state index >= 15 is 0 Å². The van der Waals surface area contributed by atoms with Crippen LogP contribution in [0.1, 0.15) is 39.5 Å². The van der Waals surface area contributed by atoms with Crippen molar-refractivity contribution in [2.24, 2.45) is 0 Å². The van der Waals surface area contributed by atoms with Gasteiger partial charge in [-0.2, -0.15) is 0 Å². The fourth-order valence-corrected chi connectivity index (χ4v) is 2.81. The number of nitrogens with one attached hydrogen (secondary N) is 1. The van der Waals surface area contributed by atoms with Crippen LogP contribution in [-0.2, 0) is 11.3 Å². The van der Waals surface area contributed by atoms with Gasteiger partial charge >= 0.3 is 0 Å². The number of hydrogen-bond donors (Lipinski definition) is 1. The van der Waals surface area contributed by atoms with Crippen LogP contribution in [0.3, 0.4) is 0 Å². The minimum absolute atomic E-state index is 0.0479. The number of benzene rings is 1. The number of ketones is 1. The monoisotopic (exact) mass is 280 g/mol. The number of carbonyl (C=O) groups excluding carboxylic acids is 2. The molecule has 1 aliphatic rings. The molecule has 1 aromatic heterocycles. The highest BCUT2D eigenvalue weighted by Gasteiger charge is 2.35. The Balaban J connectivity index is 1.77. The lowest BCUT2D eigenvalue weighted by Gasteiger charge is -2.13. The molecule has 1 aromatic carbocycles. The Kier molecular flexibility index (Phi) is 3.52. The van der Waals surface area contributed by atoms with Crippen LogP contribution in [-0.4, -0.2) is 16.7 Å². The maximum atomic E-state index is 12.4. The first-order valence-electron chi connectivity index (χ1n) is 6.97. The maximum absolute atomic E-state index is 12.4. The van der Waals surface area contributed by atoms with Crippen LogP contribution < -0.4 is 5.32 Å². The molecule has 3 rings (SSSR count). The highest BCUT2D eigenvalue weighted by Crippen LogP contribution is 2.35. The van der Waals surface area contributed by atoms with Crippen molar-refractivity contribution >= 4 is 11.7 Å². The third-order valence-electron chi connectivity index (χ3n) is 3.85. The van der Waals surface area contributed by atoms with Gasteiger partial charge in [0.15, 0.2) is 5.78 Å². The highest BCUT2D eigenvalue weighted by molar-refractivity contribution is 6.07. The summed E-state index contributed by atoms with van der Waals surface area (Å²) in [4.78, 5) is 28.6. The van der Waals surface area contributed by atoms with Crippen LogP contribution in [0.5, 0.6) is 0 Å². The molecule has 1 heterocycles. The number of rotatable bonds is 3. The van der Waals surface area contributed by atoms with Crippen molar-refractivity contribution in [3.8, 4) is 0 Å². The average molecular weight is 280 g/mol. The van der Waals surface area contributed by atoms with Gasteiger partial charge in [0.25, 0.3) is 0 Å². The smallest absolute Gasteiger partial charge is 0.228 e. The quantitative estimate of drug-likeness (QED) is 0.939. The summed E-state index contributed by atoms with van der Waals surface area (Å²) < 4.78 is 0. The largest absolute Gasteiger partial charge is 0.350 e. The molecule has 4 nitrogen and oxygen atoms in total. The number of nitrogens with zero attached hydrogens (tertiary/aromatic N) is 1. The predicted molar refractivity (Wildman–Crippen MR) is 79.0 cm³/mol. The molecule has 106 valence electrons. The molecule has 1 atom stereocenters. The summed E-state index contributed by atoms with van der Waals surface area (Å²) >= 11 is 0. The first-order chi connectivity index (χ1) is 10.2. The fourth-order valence-electron chi connectivity index (χ4n) is 2.81. The number of aryl methyl sites for hydroxylation is 1. The van der Waals surface area contributed by atoms with E-state index < -0.39 is 0 Å². The number of hydrogen-bond acceptors (Lipinski definition) is 3. The standard InChI is InChI=1S/C17H16N2O2/c1-11-5-4-7-13-15(20)9-14(16(11)13)17(21)19-10-12-6-2-3-8-18-12/h2-8,14H,9-10H2,1H3,(H,19,21). The SMILES string of the molecule is Cc1cccc2c1C(C(=O)NCc1ccccn1)CC2=O. The van der Waals surface area contributed by atoms with Crippen molar-refractivity contribution in [1.29, 1.82) is 0 Å². The Morgan fingerprint density at radius 2 is 2.14 bits per heavy atom. The Morgan fingerprint density at radius 1 is 1.29 bits per heavy atom. The number of fused-ring (bicyclic) bond motifs is 1. The summed E-state index contributed by atoms with van der Waals surface area (Å²) in [6.07, 6.45) is 1.95. The van der Waals surface area contributed by atoms with Crippen molar-refractivity contribution in [2.75, 3.05) is 0 Å². The summed E-state index contributed by atoms with van der Waals surface area (Å²) in [5.41, 5.74) is 3.37. The van der Waals surface area contributed by atoms with Crippen molar-refractivity contribution in [3.63, 3.8) is 0 Å². The average Bonchev–Trinajstić information content (AvgIpc) is 2.85. The molecular formula is C17H16N2O2. The molecule has 0 bridgehead atoms. The van der Waals surface area contributed by atoms with E-state index in [9.17, 15) is 9.59 Å². The molecule has 1 aliphatic carbocycles. The van der Waals surface area contributed by atoms with Crippen LogP contribution in [0.15, 0.2) is 42.6 Å². The second kappa shape index (κ2) is 5.48. The third-order valence-corrected chi connectivity index (χ3v) is 3.85. The Labute approximate surface area is 123 Å². The molecule has 0 radical (unpaired) electrons. The van der Waals surface area contributed by atoms with E-state index in [-0.39, 0.29) is 24.0 Å². The molecule has 1 N–H and O–H groups in total. The van der Waals surface area contributed by atoms with E-state index in [4.69, 9.17) is 0 Å². The van der Waals surface area contributed by atoms with Gasteiger partial charge in [0.1, 0.15) is 0 Å². The van der Waals surface area contributed by atoms with Crippen molar-refractivity contribution < 1.29 is 9.59 Å². The third kappa shape index (κ3) is 2.57. The minimum atomic E-state index is -0.377. The zero-order valence-electron chi connectivity index (χ0n) is 11.8. The lowest BCUT2D eigenvalue weighted by atomic mass is 9.96. The zero-order valence-corrected chi connectivity index (χ0v) is 11.8. The van der Waals surface area contributed by atoms with Crippen LogP contribution in [0.25, 0.3) is 0 Å². The fraction of sp³-hybridized carbons (Fsp3) is 0.235. The number of aromatic nitrogens is 1. The number of pyridine rings is 1. The van der Waals surface area contributed by atoms with E-state index in [0.29, 0.717) is 12.1 Å². The molecule has 0 fully saturated rings. The number of carbonyl (C=O) groups is 2. The Hall–Kier alpha value is -2.49. The molecule has 1 unspecified atom stereocenters. The number of Topliss-reactive ketones (excluding diaryl/α,β-unsaturated/α-hetero) is 1. The summed E-state index contributed by atoms with van der Waals surface area (Å²) in [5, 5.41) is 2.88. The number of amides is 1. The summed E-state index contributed by atoms with van der Waals surface area (Å²) in [6, 6.07) is 11.2. The van der Waals surface area contributed by atoms with Gasteiger partial charge in [-0.15, -0.1) is 0 Å². The van der Waals surface area contributed by atoms with Crippen molar-refractivity contribution in [1.82, 2.24) is 10.3 Å². The van der Waals surface area contributed by atoms with Gasteiger partial charge < -0.3 is 5.32 Å². The van der Waals surface area contributed by atoms with Gasteiger partial charge in [-0.05, 0) is 30.2 Å². The maximum Gasteiger partial charge on any atom is 0.228 e. The predicted octanol–water partition coefficient (Wildman–Crippen LogP) is 2.38. The molecule has 0 aliphatic heterocycles. The Morgan fingerprint density at radius 3 is 2.90 bits per heavy atom. The van der Waals surface area contributed by atoms with E-state index in [1.807, 2.05) is 37.3 Å². The zero-order chi connectivity index (χ0) is 14.8. The molecule has 4 heteroatoms. The molecule has 0 saturated carbocycles. The molecule has 0 spiro atoms.